The van der Waals surface area contributed by atoms with E-state index < -0.39 is 28.9 Å². The summed E-state index contributed by atoms with van der Waals surface area (Å²) in [6.45, 7) is 0.0225. The molecule has 0 fully saturated rings. The van der Waals surface area contributed by atoms with Gasteiger partial charge < -0.3 is 20.4 Å². The minimum Gasteiger partial charge on any atom is -0.755 e. The largest absolute Gasteiger partial charge is 0.755 e. The van der Waals surface area contributed by atoms with Crippen LogP contribution in [0.25, 0.3) is 22.4 Å². The summed E-state index contributed by atoms with van der Waals surface area (Å²) in [5.41, 5.74) is 13.0. The zero-order valence-electron chi connectivity index (χ0n) is 18.6. The molecule has 36 heavy (non-hydrogen) atoms. The highest BCUT2D eigenvalue weighted by Gasteiger charge is 2.25. The summed E-state index contributed by atoms with van der Waals surface area (Å²) in [5.74, 6) is -1.56. The number of primary amides is 2. The van der Waals surface area contributed by atoms with Crippen LogP contribution in [0, 0.1) is 5.82 Å². The number of aromatic nitrogens is 1. The maximum atomic E-state index is 13.4. The van der Waals surface area contributed by atoms with E-state index in [1.54, 1.807) is 30.3 Å². The maximum absolute atomic E-state index is 13.4. The van der Waals surface area contributed by atoms with Crippen LogP contribution < -0.4 is 15.8 Å². The van der Waals surface area contributed by atoms with E-state index in [1.807, 2.05) is 0 Å². The molecule has 12 heteroatoms. The molecule has 4 rings (SSSR count). The third kappa shape index (κ3) is 5.24. The van der Waals surface area contributed by atoms with Crippen LogP contribution in [-0.4, -0.2) is 32.1 Å². The number of furan rings is 1. The van der Waals surface area contributed by atoms with E-state index in [1.165, 1.54) is 24.3 Å². The third-order valence-corrected chi connectivity index (χ3v) is 7.00. The van der Waals surface area contributed by atoms with Crippen LogP contribution in [0.3, 0.4) is 0 Å². The molecule has 2 amide bonds. The second-order valence-corrected chi connectivity index (χ2v) is 9.41. The minimum absolute atomic E-state index is 0.0119. The van der Waals surface area contributed by atoms with Crippen LogP contribution in [0.4, 0.5) is 10.2 Å². The highest BCUT2D eigenvalue weighted by Crippen LogP contribution is 2.36. The van der Waals surface area contributed by atoms with Crippen LogP contribution in [0.15, 0.2) is 59.0 Å². The lowest BCUT2D eigenvalue weighted by Crippen LogP contribution is -2.29. The quantitative estimate of drug-likeness (QED) is 0.165. The van der Waals surface area contributed by atoms with Crippen LogP contribution in [-0.2, 0) is 22.1 Å². The zero-order valence-corrected chi connectivity index (χ0v) is 21.5. The number of carbonyl (C=O) groups is 2. The lowest BCUT2D eigenvalue weighted by atomic mass is 10.0. The Hall–Kier alpha value is -3.36. The molecule has 0 saturated carbocycles. The molecule has 4 aromatic rings. The molecule has 1 unspecified atom stereocenters. The Balaban J connectivity index is 1.78. The first-order valence-corrected chi connectivity index (χ1v) is 13.1. The number of alkyl halides is 1. The van der Waals surface area contributed by atoms with Crippen molar-refractivity contribution in [1.29, 1.82) is 0 Å². The smallest absolute Gasteiger partial charge is 0.253 e. The molecule has 0 aliphatic carbocycles. The summed E-state index contributed by atoms with van der Waals surface area (Å²) in [6, 6.07) is 13.5. The van der Waals surface area contributed by atoms with Gasteiger partial charge in [-0.25, -0.2) is 4.39 Å². The number of nitrogens with zero attached hydrogens (tertiary/aromatic N) is 2. The Morgan fingerprint density at radius 2 is 1.83 bits per heavy atom. The van der Waals surface area contributed by atoms with Gasteiger partial charge >= 0.3 is 0 Å². The summed E-state index contributed by atoms with van der Waals surface area (Å²) >= 11 is -0.629. The van der Waals surface area contributed by atoms with Crippen LogP contribution in [0.1, 0.15) is 31.8 Å². The van der Waals surface area contributed by atoms with E-state index in [2.05, 4.69) is 27.6 Å². The molecule has 1 atom stereocenters. The molecule has 9 nitrogen and oxygen atoms in total. The molecule has 0 aliphatic rings. The SMILES string of the molecule is NC(=O)c1cccc(CCN(c2nc3oc(-c4ccc(F)cc4)c(C(N)=O)c3cc2CI)S(=O)[O-])c1. The van der Waals surface area contributed by atoms with E-state index in [0.29, 0.717) is 32.1 Å². The van der Waals surface area contributed by atoms with Gasteiger partial charge in [0.05, 0.1) is 10.9 Å². The number of carbonyl (C=O) groups excluding carboxylic acids is 2. The molecule has 0 saturated heterocycles. The number of rotatable bonds is 9. The standard InChI is InChI=1S/C24H20FIN4O5S/c25-17-6-4-14(5-7-17)20-19(22(28)32)18-11-16(12-26)23(29-24(18)35-20)30(36(33)34)9-8-13-2-1-3-15(10-13)21(27)31/h1-7,10-11H,8-9,12H2,(H2,27,31)(H2,28,32)(H,33,34)/p-1. The van der Waals surface area contributed by atoms with Crippen molar-refractivity contribution in [3.05, 3.63) is 82.7 Å². The van der Waals surface area contributed by atoms with Crippen molar-refractivity contribution in [2.24, 2.45) is 11.5 Å². The fraction of sp³-hybridized carbons (Fsp3) is 0.125. The molecule has 186 valence electrons. The van der Waals surface area contributed by atoms with Gasteiger partial charge in [-0.1, -0.05) is 34.7 Å². The van der Waals surface area contributed by atoms with Gasteiger partial charge in [0.15, 0.2) is 0 Å². The fourth-order valence-electron chi connectivity index (χ4n) is 3.78. The molecule has 0 radical (unpaired) electrons. The number of amides is 2. The molecule has 0 spiro atoms. The van der Waals surface area contributed by atoms with Crippen molar-refractivity contribution in [3.8, 4) is 11.3 Å². The molecular formula is C24H19FIN4O5S-. The number of anilines is 1. The van der Waals surface area contributed by atoms with Crippen LogP contribution in [0.5, 0.6) is 0 Å². The maximum Gasteiger partial charge on any atom is 0.253 e. The van der Waals surface area contributed by atoms with Crippen molar-refractivity contribution in [1.82, 2.24) is 4.98 Å². The van der Waals surface area contributed by atoms with Crippen molar-refractivity contribution in [3.63, 3.8) is 0 Å². The van der Waals surface area contributed by atoms with E-state index in [4.69, 9.17) is 15.9 Å². The van der Waals surface area contributed by atoms with E-state index in [9.17, 15) is 22.7 Å². The van der Waals surface area contributed by atoms with Crippen LogP contribution >= 0.6 is 22.6 Å². The van der Waals surface area contributed by atoms with E-state index in [0.717, 1.165) is 4.31 Å². The normalized spacial score (nSPS) is 12.0. The van der Waals surface area contributed by atoms with Crippen molar-refractivity contribution in [2.75, 3.05) is 10.8 Å². The predicted octanol–water partition coefficient (Wildman–Crippen LogP) is 3.61. The summed E-state index contributed by atoms with van der Waals surface area (Å²) in [6.07, 6.45) is 0.279. The third-order valence-electron chi connectivity index (χ3n) is 5.47. The lowest BCUT2D eigenvalue weighted by molar-refractivity contribution is 0.0992. The van der Waals surface area contributed by atoms with Gasteiger partial charge in [-0.2, -0.15) is 4.98 Å². The van der Waals surface area contributed by atoms with Gasteiger partial charge in [0.2, 0.25) is 11.6 Å². The molecule has 2 aromatic heterocycles. The molecule has 0 aliphatic heterocycles. The number of hydrogen-bond donors (Lipinski definition) is 2. The Labute approximate surface area is 221 Å². The van der Waals surface area contributed by atoms with Gasteiger partial charge in [0.1, 0.15) is 17.4 Å². The van der Waals surface area contributed by atoms with E-state index in [-0.39, 0.29) is 35.8 Å². The highest BCUT2D eigenvalue weighted by atomic mass is 127. The first-order valence-electron chi connectivity index (χ1n) is 10.5. The predicted molar refractivity (Wildman–Crippen MR) is 141 cm³/mol. The Bertz CT molecular complexity index is 1490. The molecule has 2 aromatic carbocycles. The summed E-state index contributed by atoms with van der Waals surface area (Å²) in [7, 11) is 0. The molecule has 2 heterocycles. The monoisotopic (exact) mass is 621 g/mol. The average Bonchev–Trinajstić information content (AvgIpc) is 3.22. The van der Waals surface area contributed by atoms with Crippen molar-refractivity contribution < 1.29 is 27.2 Å². The zero-order chi connectivity index (χ0) is 26.0. The van der Waals surface area contributed by atoms with Gasteiger partial charge in [-0.15, -0.1) is 0 Å². The number of benzene rings is 2. The summed E-state index contributed by atoms with van der Waals surface area (Å²) in [5, 5.41) is 0.322. The molecule has 4 N–H and O–H groups in total. The lowest BCUT2D eigenvalue weighted by Gasteiger charge is -2.27. The first-order chi connectivity index (χ1) is 17.2. The fourth-order valence-corrected chi connectivity index (χ4v) is 4.88. The second-order valence-electron chi connectivity index (χ2n) is 7.77. The summed E-state index contributed by atoms with van der Waals surface area (Å²) < 4.78 is 45.1. The second kappa shape index (κ2) is 10.7. The van der Waals surface area contributed by atoms with Crippen molar-refractivity contribution >= 4 is 62.6 Å². The highest BCUT2D eigenvalue weighted by molar-refractivity contribution is 14.1. The number of hydrogen-bond acceptors (Lipinski definition) is 6. The van der Waals surface area contributed by atoms with Gasteiger partial charge in [0, 0.05) is 38.9 Å². The Kier molecular flexibility index (Phi) is 7.66. The average molecular weight is 621 g/mol. The Morgan fingerprint density at radius 1 is 1.11 bits per heavy atom. The van der Waals surface area contributed by atoms with Gasteiger partial charge in [-0.3, -0.25) is 18.1 Å². The Morgan fingerprint density at radius 3 is 2.44 bits per heavy atom. The molecular weight excluding hydrogens is 602 g/mol. The minimum atomic E-state index is -2.69. The first kappa shape index (κ1) is 25.7. The van der Waals surface area contributed by atoms with Crippen LogP contribution in [0.2, 0.25) is 0 Å². The number of fused-ring (bicyclic) bond motifs is 1. The number of nitrogens with two attached hydrogens (primary N) is 2. The summed E-state index contributed by atoms with van der Waals surface area (Å²) in [4.78, 5) is 28.2. The van der Waals surface area contributed by atoms with Crippen molar-refractivity contribution in [2.45, 2.75) is 10.8 Å². The van der Waals surface area contributed by atoms with E-state index >= 15 is 0 Å². The molecule has 0 bridgehead atoms. The number of pyridine rings is 1. The van der Waals surface area contributed by atoms with Gasteiger partial charge in [-0.05, 0) is 54.4 Å². The van der Waals surface area contributed by atoms with Gasteiger partial charge in [0.25, 0.3) is 5.91 Å². The topological polar surface area (TPSA) is 156 Å². The number of halogens is 2.